The van der Waals surface area contributed by atoms with Crippen LogP contribution in [0.5, 0.6) is 0 Å². The highest BCUT2D eigenvalue weighted by Gasteiger charge is 2.32. The van der Waals surface area contributed by atoms with Crippen molar-refractivity contribution in [1.29, 1.82) is 0 Å². The van der Waals surface area contributed by atoms with E-state index in [1.54, 1.807) is 0 Å². The van der Waals surface area contributed by atoms with Crippen LogP contribution in [0.2, 0.25) is 0 Å². The lowest BCUT2D eigenvalue weighted by molar-refractivity contribution is 0.0979. The number of carbonyl (C=O) groups excluding carboxylic acids is 2. The molecule has 56 heavy (non-hydrogen) atoms. The Kier molecular flexibility index (Phi) is 9.29. The molecule has 0 atom stereocenters. The first-order valence-corrected chi connectivity index (χ1v) is 18.8. The first-order valence-electron chi connectivity index (χ1n) is 18.8. The maximum Gasteiger partial charge on any atom is 0.194 e. The maximum absolute atomic E-state index is 14.6. The van der Waals surface area contributed by atoms with Crippen molar-refractivity contribution in [2.24, 2.45) is 0 Å². The van der Waals surface area contributed by atoms with Crippen LogP contribution in [0.1, 0.15) is 76.4 Å². The highest BCUT2D eigenvalue weighted by Crippen LogP contribution is 2.41. The fourth-order valence-corrected chi connectivity index (χ4v) is 7.91. The van der Waals surface area contributed by atoms with Gasteiger partial charge in [-0.05, 0) is 91.1 Å². The van der Waals surface area contributed by atoms with Crippen molar-refractivity contribution >= 4 is 33.9 Å². The largest absolute Gasteiger partial charge is 0.289 e. The Balaban J connectivity index is 1.22. The van der Waals surface area contributed by atoms with Crippen molar-refractivity contribution in [3.05, 3.63) is 285 Å². The first-order chi connectivity index (χ1) is 27.7. The van der Waals surface area contributed by atoms with Crippen molar-refractivity contribution < 1.29 is 9.59 Å². The minimum atomic E-state index is -0.159. The van der Waals surface area contributed by atoms with Crippen LogP contribution in [0.25, 0.3) is 22.3 Å². The van der Waals surface area contributed by atoms with Crippen molar-refractivity contribution in [1.82, 2.24) is 0 Å². The molecule has 1 aliphatic carbocycles. The lowest BCUT2D eigenvalue weighted by atomic mass is 9.78. The van der Waals surface area contributed by atoms with Crippen LogP contribution in [0.15, 0.2) is 218 Å². The Labute approximate surface area is 327 Å². The van der Waals surface area contributed by atoms with Crippen LogP contribution in [0.3, 0.4) is 0 Å². The van der Waals surface area contributed by atoms with Crippen LogP contribution in [0, 0.1) is 0 Å². The van der Waals surface area contributed by atoms with E-state index < -0.39 is 0 Å². The van der Waals surface area contributed by atoms with Gasteiger partial charge in [0.25, 0.3) is 0 Å². The summed E-state index contributed by atoms with van der Waals surface area (Å²) in [6, 6.07) is 73.4. The topological polar surface area (TPSA) is 34.1 Å². The smallest absolute Gasteiger partial charge is 0.194 e. The fraction of sp³-hybridized carbons (Fsp3) is 0. The van der Waals surface area contributed by atoms with E-state index in [-0.39, 0.29) is 11.6 Å². The minimum absolute atomic E-state index is 0.159. The van der Waals surface area contributed by atoms with E-state index in [2.05, 4.69) is 72.8 Å². The van der Waals surface area contributed by atoms with Gasteiger partial charge < -0.3 is 0 Å². The van der Waals surface area contributed by atoms with E-state index in [0.29, 0.717) is 22.3 Å². The molecule has 0 amide bonds. The zero-order chi connectivity index (χ0) is 37.8. The molecule has 2 nitrogen and oxygen atoms in total. The van der Waals surface area contributed by atoms with Gasteiger partial charge >= 0.3 is 0 Å². The number of hydrogen-bond donors (Lipinski definition) is 0. The van der Waals surface area contributed by atoms with E-state index in [1.165, 1.54) is 0 Å². The summed E-state index contributed by atoms with van der Waals surface area (Å²) in [7, 11) is 0. The Morgan fingerprint density at radius 3 is 0.661 bits per heavy atom. The molecular weight excluding hydrogens is 681 g/mol. The van der Waals surface area contributed by atoms with Crippen molar-refractivity contribution in [2.45, 2.75) is 0 Å². The van der Waals surface area contributed by atoms with E-state index in [0.717, 1.165) is 66.8 Å². The van der Waals surface area contributed by atoms with Gasteiger partial charge in [0.15, 0.2) is 11.6 Å². The summed E-state index contributed by atoms with van der Waals surface area (Å²) in [6.45, 7) is 0. The van der Waals surface area contributed by atoms with E-state index >= 15 is 0 Å². The summed E-state index contributed by atoms with van der Waals surface area (Å²) in [5.74, 6) is -0.319. The summed E-state index contributed by atoms with van der Waals surface area (Å²) in [5.41, 5.74) is 13.7. The number of fused-ring (bicyclic) bond motifs is 2. The number of ketones is 2. The van der Waals surface area contributed by atoms with Gasteiger partial charge in [-0.2, -0.15) is 0 Å². The molecule has 0 saturated heterocycles. The van der Waals surface area contributed by atoms with Crippen molar-refractivity contribution in [3.63, 3.8) is 0 Å². The molecule has 1 aliphatic rings. The third-order valence-corrected chi connectivity index (χ3v) is 10.5. The molecule has 0 fully saturated rings. The molecule has 264 valence electrons. The Bertz CT molecular complexity index is 2490. The lowest BCUT2D eigenvalue weighted by Crippen LogP contribution is -2.21. The fourth-order valence-electron chi connectivity index (χ4n) is 7.91. The van der Waals surface area contributed by atoms with Gasteiger partial charge in [0, 0.05) is 22.3 Å². The first kappa shape index (κ1) is 34.4. The molecular formula is C54H36O2. The second kappa shape index (κ2) is 15.1. The molecule has 0 aromatic heterocycles. The van der Waals surface area contributed by atoms with Gasteiger partial charge in [0.2, 0.25) is 0 Å². The van der Waals surface area contributed by atoms with Gasteiger partial charge in [0.05, 0.1) is 0 Å². The maximum atomic E-state index is 14.6. The summed E-state index contributed by atoms with van der Waals surface area (Å²) in [4.78, 5) is 29.2. The molecule has 0 unspecified atom stereocenters. The number of benzene rings is 8. The number of hydrogen-bond acceptors (Lipinski definition) is 2. The number of rotatable bonds is 8. The standard InChI is InChI=1S/C54H36O2/c55-53-46-34-32-44(52(42-29-17-6-18-30-42)50(39-23-11-3-12-24-39)40-25-13-4-14-26-40)36-48(46)54(56)45-33-31-43(35-47(45)53)51(41-27-15-5-16-28-41)49(37-19-7-1-8-20-37)38-21-9-2-10-22-38/h1-36H. The second-order valence-corrected chi connectivity index (χ2v) is 13.9. The molecule has 8 aromatic rings. The van der Waals surface area contributed by atoms with Crippen LogP contribution in [0.4, 0.5) is 0 Å². The second-order valence-electron chi connectivity index (χ2n) is 13.9. The summed E-state index contributed by atoms with van der Waals surface area (Å²) in [6.07, 6.45) is 0. The third-order valence-electron chi connectivity index (χ3n) is 10.5. The van der Waals surface area contributed by atoms with Crippen molar-refractivity contribution in [2.75, 3.05) is 0 Å². The molecule has 8 aromatic carbocycles. The van der Waals surface area contributed by atoms with Gasteiger partial charge in [-0.1, -0.05) is 194 Å². The van der Waals surface area contributed by atoms with Crippen LogP contribution < -0.4 is 0 Å². The highest BCUT2D eigenvalue weighted by molar-refractivity contribution is 6.29. The predicted octanol–water partition coefficient (Wildman–Crippen LogP) is 12.5. The molecule has 0 aliphatic heterocycles. The average Bonchev–Trinajstić information content (AvgIpc) is 3.28. The third kappa shape index (κ3) is 6.44. The summed E-state index contributed by atoms with van der Waals surface area (Å²) in [5, 5.41) is 0. The molecule has 0 radical (unpaired) electrons. The lowest BCUT2D eigenvalue weighted by Gasteiger charge is -2.23. The van der Waals surface area contributed by atoms with Crippen LogP contribution >= 0.6 is 0 Å². The quantitative estimate of drug-likeness (QED) is 0.147. The van der Waals surface area contributed by atoms with Gasteiger partial charge in [-0.15, -0.1) is 0 Å². The van der Waals surface area contributed by atoms with E-state index in [9.17, 15) is 9.59 Å². The van der Waals surface area contributed by atoms with Crippen LogP contribution in [-0.2, 0) is 0 Å². The Morgan fingerprint density at radius 2 is 0.429 bits per heavy atom. The SMILES string of the molecule is O=C1c2ccc(C(=C(c3ccccc3)c3ccccc3)c3ccccc3)cc2C(=O)c2ccc(C(=C(c3ccccc3)c3ccccc3)c3ccccc3)cc21. The summed E-state index contributed by atoms with van der Waals surface area (Å²) < 4.78 is 0. The average molecular weight is 717 g/mol. The molecule has 0 spiro atoms. The molecule has 0 N–H and O–H groups in total. The summed E-state index contributed by atoms with van der Waals surface area (Å²) >= 11 is 0. The normalized spacial score (nSPS) is 11.6. The zero-order valence-electron chi connectivity index (χ0n) is 30.6. The molecule has 0 heterocycles. The van der Waals surface area contributed by atoms with Crippen LogP contribution in [-0.4, -0.2) is 11.6 Å². The Hall–Kier alpha value is -7.42. The van der Waals surface area contributed by atoms with Gasteiger partial charge in [-0.25, -0.2) is 0 Å². The number of carbonyl (C=O) groups is 2. The Morgan fingerprint density at radius 1 is 0.214 bits per heavy atom. The molecule has 0 saturated carbocycles. The van der Waals surface area contributed by atoms with Gasteiger partial charge in [-0.3, -0.25) is 9.59 Å². The van der Waals surface area contributed by atoms with E-state index in [4.69, 9.17) is 0 Å². The molecule has 0 bridgehead atoms. The van der Waals surface area contributed by atoms with Gasteiger partial charge in [0.1, 0.15) is 0 Å². The molecule has 2 heteroatoms. The zero-order valence-corrected chi connectivity index (χ0v) is 30.6. The minimum Gasteiger partial charge on any atom is -0.289 e. The monoisotopic (exact) mass is 716 g/mol. The predicted molar refractivity (Wildman–Crippen MR) is 228 cm³/mol. The van der Waals surface area contributed by atoms with E-state index in [1.807, 2.05) is 146 Å². The van der Waals surface area contributed by atoms with Crippen molar-refractivity contribution in [3.8, 4) is 0 Å². The highest BCUT2D eigenvalue weighted by atomic mass is 16.1. The molecule has 9 rings (SSSR count).